The molecule has 1 aromatic rings. The molecule has 1 aromatic heterocycles. The van der Waals surface area contributed by atoms with Crippen LogP contribution in [0.1, 0.15) is 37.7 Å². The van der Waals surface area contributed by atoms with Crippen molar-refractivity contribution in [3.63, 3.8) is 0 Å². The van der Waals surface area contributed by atoms with Gasteiger partial charge >= 0.3 is 0 Å². The maximum atomic E-state index is 11.9. The quantitative estimate of drug-likeness (QED) is 0.862. The molecule has 0 spiro atoms. The fourth-order valence-corrected chi connectivity index (χ4v) is 2.33. The Balaban J connectivity index is 1.81. The van der Waals surface area contributed by atoms with Crippen molar-refractivity contribution >= 4 is 23.2 Å². The van der Waals surface area contributed by atoms with Gasteiger partial charge in [0.25, 0.3) is 0 Å². The highest BCUT2D eigenvalue weighted by molar-refractivity contribution is 6.32. The Labute approximate surface area is 118 Å². The van der Waals surface area contributed by atoms with Crippen LogP contribution in [0.15, 0.2) is 12.3 Å². The first-order valence-corrected chi connectivity index (χ1v) is 7.06. The Morgan fingerprint density at radius 1 is 1.58 bits per heavy atom. The van der Waals surface area contributed by atoms with E-state index in [0.29, 0.717) is 17.3 Å². The number of hydrogen-bond acceptors (Lipinski definition) is 3. The molecule has 1 atom stereocenters. The van der Waals surface area contributed by atoms with Gasteiger partial charge in [-0.05, 0) is 44.2 Å². The summed E-state index contributed by atoms with van der Waals surface area (Å²) in [4.78, 5) is 15.9. The Morgan fingerprint density at radius 3 is 3.16 bits per heavy atom. The molecule has 1 unspecified atom stereocenters. The SMILES string of the molecule is Cc1cnc(Cl)c(NC(=O)CCC2CCCCO2)c1. The highest BCUT2D eigenvalue weighted by Crippen LogP contribution is 2.21. The fraction of sp³-hybridized carbons (Fsp3) is 0.571. The van der Waals surface area contributed by atoms with Gasteiger partial charge in [-0.1, -0.05) is 11.6 Å². The summed E-state index contributed by atoms with van der Waals surface area (Å²) < 4.78 is 5.60. The van der Waals surface area contributed by atoms with Crippen molar-refractivity contribution in [1.82, 2.24) is 4.98 Å². The van der Waals surface area contributed by atoms with E-state index in [2.05, 4.69) is 10.3 Å². The molecular formula is C14H19ClN2O2. The van der Waals surface area contributed by atoms with Crippen LogP contribution in [0.4, 0.5) is 5.69 Å². The highest BCUT2D eigenvalue weighted by Gasteiger charge is 2.15. The van der Waals surface area contributed by atoms with Crippen molar-refractivity contribution in [2.45, 2.75) is 45.1 Å². The lowest BCUT2D eigenvalue weighted by molar-refractivity contribution is -0.117. The molecule has 2 heterocycles. The van der Waals surface area contributed by atoms with E-state index in [0.717, 1.165) is 31.4 Å². The minimum absolute atomic E-state index is 0.0385. The molecule has 0 aliphatic carbocycles. The molecule has 1 aliphatic heterocycles. The first-order valence-electron chi connectivity index (χ1n) is 6.69. The summed E-state index contributed by atoms with van der Waals surface area (Å²) in [6, 6.07) is 1.82. The monoisotopic (exact) mass is 282 g/mol. The van der Waals surface area contributed by atoms with Crippen molar-refractivity contribution in [1.29, 1.82) is 0 Å². The van der Waals surface area contributed by atoms with E-state index >= 15 is 0 Å². The number of ether oxygens (including phenoxy) is 1. The minimum atomic E-state index is -0.0385. The summed E-state index contributed by atoms with van der Waals surface area (Å²) in [5, 5.41) is 3.13. The number of aryl methyl sites for hydroxylation is 1. The second-order valence-corrected chi connectivity index (χ2v) is 5.28. The second kappa shape index (κ2) is 6.87. The van der Waals surface area contributed by atoms with E-state index < -0.39 is 0 Å². The lowest BCUT2D eigenvalue weighted by Crippen LogP contribution is -2.21. The molecule has 5 heteroatoms. The van der Waals surface area contributed by atoms with Gasteiger partial charge in [-0.3, -0.25) is 4.79 Å². The number of halogens is 1. The summed E-state index contributed by atoms with van der Waals surface area (Å²) in [7, 11) is 0. The molecular weight excluding hydrogens is 264 g/mol. The number of aromatic nitrogens is 1. The average Bonchev–Trinajstić information content (AvgIpc) is 2.42. The van der Waals surface area contributed by atoms with E-state index in [4.69, 9.17) is 16.3 Å². The van der Waals surface area contributed by atoms with Crippen LogP contribution in [0.3, 0.4) is 0 Å². The Bertz CT molecular complexity index is 445. The molecule has 1 aliphatic rings. The molecule has 19 heavy (non-hydrogen) atoms. The highest BCUT2D eigenvalue weighted by atomic mass is 35.5. The lowest BCUT2D eigenvalue weighted by atomic mass is 10.0. The number of pyridine rings is 1. The van der Waals surface area contributed by atoms with Crippen LogP contribution < -0.4 is 5.32 Å². The Morgan fingerprint density at radius 2 is 2.42 bits per heavy atom. The summed E-state index contributed by atoms with van der Waals surface area (Å²) in [5.41, 5.74) is 1.55. The number of carbonyl (C=O) groups excluding carboxylic acids is 1. The van der Waals surface area contributed by atoms with Gasteiger partial charge in [0.2, 0.25) is 5.91 Å². The van der Waals surface area contributed by atoms with Gasteiger partial charge < -0.3 is 10.1 Å². The number of carbonyl (C=O) groups is 1. The Hall–Kier alpha value is -1.13. The third kappa shape index (κ3) is 4.48. The fourth-order valence-electron chi connectivity index (χ4n) is 2.18. The van der Waals surface area contributed by atoms with Gasteiger partial charge in [0, 0.05) is 19.2 Å². The maximum absolute atomic E-state index is 11.9. The van der Waals surface area contributed by atoms with Gasteiger partial charge in [-0.2, -0.15) is 0 Å². The number of nitrogens with one attached hydrogen (secondary N) is 1. The number of nitrogens with zero attached hydrogens (tertiary/aromatic N) is 1. The van der Waals surface area contributed by atoms with Crippen LogP contribution in [-0.4, -0.2) is 23.6 Å². The largest absolute Gasteiger partial charge is 0.378 e. The molecule has 1 fully saturated rings. The zero-order valence-corrected chi connectivity index (χ0v) is 11.9. The van der Waals surface area contributed by atoms with Crippen LogP contribution >= 0.6 is 11.6 Å². The van der Waals surface area contributed by atoms with E-state index in [1.54, 1.807) is 6.20 Å². The van der Waals surface area contributed by atoms with Crippen molar-refractivity contribution in [3.05, 3.63) is 23.0 Å². The van der Waals surface area contributed by atoms with Gasteiger partial charge in [0.1, 0.15) is 0 Å². The third-order valence-corrected chi connectivity index (χ3v) is 3.52. The summed E-state index contributed by atoms with van der Waals surface area (Å²) in [6.45, 7) is 2.73. The second-order valence-electron chi connectivity index (χ2n) is 4.93. The lowest BCUT2D eigenvalue weighted by Gasteiger charge is -2.22. The molecule has 104 valence electrons. The number of anilines is 1. The standard InChI is InChI=1S/C14H19ClN2O2/c1-10-8-12(14(15)16-9-10)17-13(18)6-5-11-4-2-3-7-19-11/h8-9,11H,2-7H2,1H3,(H,17,18). The smallest absolute Gasteiger partial charge is 0.224 e. The minimum Gasteiger partial charge on any atom is -0.378 e. The number of rotatable bonds is 4. The molecule has 1 saturated heterocycles. The molecule has 0 aromatic carbocycles. The molecule has 0 radical (unpaired) electrons. The van der Waals surface area contributed by atoms with E-state index in [-0.39, 0.29) is 12.0 Å². The third-order valence-electron chi connectivity index (χ3n) is 3.22. The van der Waals surface area contributed by atoms with Crippen LogP contribution in [0, 0.1) is 6.92 Å². The van der Waals surface area contributed by atoms with Gasteiger partial charge in [0.05, 0.1) is 11.8 Å². The van der Waals surface area contributed by atoms with E-state index in [1.807, 2.05) is 13.0 Å². The van der Waals surface area contributed by atoms with Crippen LogP contribution in [-0.2, 0) is 9.53 Å². The summed E-state index contributed by atoms with van der Waals surface area (Å²) in [6.07, 6.45) is 6.50. The molecule has 2 rings (SSSR count). The van der Waals surface area contributed by atoms with Crippen LogP contribution in [0.25, 0.3) is 0 Å². The number of amides is 1. The predicted molar refractivity (Wildman–Crippen MR) is 75.4 cm³/mol. The zero-order valence-electron chi connectivity index (χ0n) is 11.1. The Kier molecular flexibility index (Phi) is 5.16. The van der Waals surface area contributed by atoms with Crippen LogP contribution in [0.2, 0.25) is 5.15 Å². The molecule has 1 N–H and O–H groups in total. The summed E-state index contributed by atoms with van der Waals surface area (Å²) >= 11 is 5.94. The topological polar surface area (TPSA) is 51.2 Å². The predicted octanol–water partition coefficient (Wildman–Crippen LogP) is 3.33. The zero-order chi connectivity index (χ0) is 13.7. The van der Waals surface area contributed by atoms with Gasteiger partial charge in [-0.15, -0.1) is 0 Å². The number of hydrogen-bond donors (Lipinski definition) is 1. The molecule has 0 bridgehead atoms. The normalized spacial score (nSPS) is 19.2. The molecule has 0 saturated carbocycles. The maximum Gasteiger partial charge on any atom is 0.224 e. The van der Waals surface area contributed by atoms with Crippen LogP contribution in [0.5, 0.6) is 0 Å². The molecule has 1 amide bonds. The van der Waals surface area contributed by atoms with Crippen molar-refractivity contribution in [2.75, 3.05) is 11.9 Å². The van der Waals surface area contributed by atoms with Gasteiger partial charge in [0.15, 0.2) is 5.15 Å². The van der Waals surface area contributed by atoms with E-state index in [1.165, 1.54) is 6.42 Å². The van der Waals surface area contributed by atoms with Crippen molar-refractivity contribution in [2.24, 2.45) is 0 Å². The van der Waals surface area contributed by atoms with E-state index in [9.17, 15) is 4.79 Å². The average molecular weight is 283 g/mol. The molecule has 4 nitrogen and oxygen atoms in total. The summed E-state index contributed by atoms with van der Waals surface area (Å²) in [5.74, 6) is -0.0385. The van der Waals surface area contributed by atoms with Crippen molar-refractivity contribution < 1.29 is 9.53 Å². The van der Waals surface area contributed by atoms with Crippen molar-refractivity contribution in [3.8, 4) is 0 Å². The first-order chi connectivity index (χ1) is 9.15. The first kappa shape index (κ1) is 14.3. The van der Waals surface area contributed by atoms with Gasteiger partial charge in [-0.25, -0.2) is 4.98 Å².